The van der Waals surface area contributed by atoms with Crippen molar-refractivity contribution in [3.8, 4) is 17.0 Å². The molecule has 4 nitrogen and oxygen atoms in total. The normalized spacial score (nSPS) is 10.7. The first-order chi connectivity index (χ1) is 8.58. The number of hydrogen-bond donors (Lipinski definition) is 1. The van der Waals surface area contributed by atoms with Crippen molar-refractivity contribution in [2.75, 3.05) is 7.11 Å². The van der Waals surface area contributed by atoms with Crippen LogP contribution in [-0.4, -0.2) is 16.7 Å². The average molecular weight is 245 g/mol. The van der Waals surface area contributed by atoms with Crippen molar-refractivity contribution >= 4 is 0 Å². The Bertz CT molecular complexity index is 573. The van der Waals surface area contributed by atoms with E-state index in [9.17, 15) is 0 Å². The molecule has 2 aromatic rings. The number of nitrogens with two attached hydrogens (primary N) is 1. The zero-order valence-electron chi connectivity index (χ0n) is 11.3. The molecule has 0 saturated carbocycles. The minimum Gasteiger partial charge on any atom is -0.496 e. The molecule has 96 valence electrons. The van der Waals surface area contributed by atoms with Crippen LogP contribution in [0.1, 0.15) is 16.8 Å². The Morgan fingerprint density at radius 3 is 2.67 bits per heavy atom. The number of rotatable bonds is 3. The first-order valence-corrected chi connectivity index (χ1v) is 5.94. The molecular formula is C14H19N3O. The van der Waals surface area contributed by atoms with E-state index in [1.165, 1.54) is 5.56 Å². The van der Waals surface area contributed by atoms with Crippen molar-refractivity contribution in [2.24, 2.45) is 12.8 Å². The molecule has 0 aliphatic heterocycles. The van der Waals surface area contributed by atoms with Gasteiger partial charge >= 0.3 is 0 Å². The lowest BCUT2D eigenvalue weighted by Gasteiger charge is -2.14. The van der Waals surface area contributed by atoms with Crippen LogP contribution in [0, 0.1) is 13.8 Å². The number of ether oxygens (including phenoxy) is 1. The molecule has 0 amide bonds. The summed E-state index contributed by atoms with van der Waals surface area (Å²) in [5, 5.41) is 0. The van der Waals surface area contributed by atoms with Crippen LogP contribution in [0.2, 0.25) is 0 Å². The quantitative estimate of drug-likeness (QED) is 0.901. The maximum atomic E-state index is 5.75. The Labute approximate surface area is 107 Å². The molecule has 0 aliphatic rings. The number of aryl methyl sites for hydroxylation is 3. The van der Waals surface area contributed by atoms with Gasteiger partial charge in [-0.1, -0.05) is 6.07 Å². The monoisotopic (exact) mass is 245 g/mol. The molecule has 1 aromatic heterocycles. The van der Waals surface area contributed by atoms with Crippen LogP contribution in [0.15, 0.2) is 18.5 Å². The van der Waals surface area contributed by atoms with Gasteiger partial charge in [0.25, 0.3) is 0 Å². The minimum atomic E-state index is 0.423. The zero-order valence-corrected chi connectivity index (χ0v) is 11.3. The summed E-state index contributed by atoms with van der Waals surface area (Å²) in [6.07, 6.45) is 1.79. The van der Waals surface area contributed by atoms with Gasteiger partial charge in [0.15, 0.2) is 0 Å². The van der Waals surface area contributed by atoms with Crippen LogP contribution in [0.25, 0.3) is 11.3 Å². The van der Waals surface area contributed by atoms with E-state index in [0.717, 1.165) is 28.3 Å². The predicted molar refractivity (Wildman–Crippen MR) is 72.6 cm³/mol. The Morgan fingerprint density at radius 2 is 2.06 bits per heavy atom. The van der Waals surface area contributed by atoms with Crippen LogP contribution in [0.5, 0.6) is 5.75 Å². The molecule has 2 N–H and O–H groups in total. The molecule has 0 unspecified atom stereocenters. The van der Waals surface area contributed by atoms with Crippen LogP contribution in [-0.2, 0) is 13.6 Å². The number of aromatic nitrogens is 2. The number of benzene rings is 1. The molecule has 0 bridgehead atoms. The maximum Gasteiger partial charge on any atom is 0.131 e. The lowest BCUT2D eigenvalue weighted by molar-refractivity contribution is 0.413. The van der Waals surface area contributed by atoms with Crippen LogP contribution in [0.3, 0.4) is 0 Å². The molecule has 0 fully saturated rings. The molecule has 0 saturated heterocycles. The fourth-order valence-electron chi connectivity index (χ4n) is 2.37. The third-order valence-corrected chi connectivity index (χ3v) is 3.08. The van der Waals surface area contributed by atoms with Crippen molar-refractivity contribution < 1.29 is 4.74 Å². The summed E-state index contributed by atoms with van der Waals surface area (Å²) in [5.41, 5.74) is 11.0. The lowest BCUT2D eigenvalue weighted by Crippen LogP contribution is -2.03. The first kappa shape index (κ1) is 12.6. The summed E-state index contributed by atoms with van der Waals surface area (Å²) in [6, 6.07) is 4.23. The second-order valence-electron chi connectivity index (χ2n) is 4.52. The van der Waals surface area contributed by atoms with Crippen molar-refractivity contribution in [3.05, 3.63) is 35.3 Å². The first-order valence-electron chi connectivity index (χ1n) is 5.94. The van der Waals surface area contributed by atoms with Gasteiger partial charge in [-0.3, -0.25) is 0 Å². The lowest BCUT2D eigenvalue weighted by atomic mass is 10.0. The van der Waals surface area contributed by atoms with E-state index in [4.69, 9.17) is 10.5 Å². The van der Waals surface area contributed by atoms with Gasteiger partial charge in [-0.05, 0) is 31.0 Å². The number of hydrogen-bond acceptors (Lipinski definition) is 3. The molecule has 1 aromatic carbocycles. The molecular weight excluding hydrogens is 226 g/mol. The van der Waals surface area contributed by atoms with E-state index in [-0.39, 0.29) is 0 Å². The number of methoxy groups -OCH3 is 1. The van der Waals surface area contributed by atoms with Crippen molar-refractivity contribution in [1.82, 2.24) is 9.55 Å². The Morgan fingerprint density at radius 1 is 1.33 bits per heavy atom. The standard InChI is InChI=1S/C14H19N3O/c1-9-5-10(2)14(18-4)11(6-9)13-12(7-15)16-8-17(13)3/h5-6,8H,7,15H2,1-4H3. The fourth-order valence-corrected chi connectivity index (χ4v) is 2.37. The summed E-state index contributed by atoms with van der Waals surface area (Å²) >= 11 is 0. The number of imidazole rings is 1. The van der Waals surface area contributed by atoms with Gasteiger partial charge in [0.1, 0.15) is 5.75 Å². The zero-order chi connectivity index (χ0) is 13.3. The van der Waals surface area contributed by atoms with Gasteiger partial charge in [-0.25, -0.2) is 4.98 Å². The van der Waals surface area contributed by atoms with Gasteiger partial charge in [-0.15, -0.1) is 0 Å². The van der Waals surface area contributed by atoms with E-state index in [0.29, 0.717) is 6.54 Å². The molecule has 4 heteroatoms. The SMILES string of the molecule is COc1c(C)cc(C)cc1-c1c(CN)ncn1C. The van der Waals surface area contributed by atoms with Crippen LogP contribution >= 0.6 is 0 Å². The van der Waals surface area contributed by atoms with Crippen molar-refractivity contribution in [1.29, 1.82) is 0 Å². The average Bonchev–Trinajstić information content (AvgIpc) is 2.69. The van der Waals surface area contributed by atoms with Crippen LogP contribution in [0.4, 0.5) is 0 Å². The second-order valence-corrected chi connectivity index (χ2v) is 4.52. The van der Waals surface area contributed by atoms with E-state index in [1.807, 2.05) is 18.5 Å². The summed E-state index contributed by atoms with van der Waals surface area (Å²) in [5.74, 6) is 0.888. The summed E-state index contributed by atoms with van der Waals surface area (Å²) in [6.45, 7) is 4.55. The smallest absolute Gasteiger partial charge is 0.131 e. The van der Waals surface area contributed by atoms with Crippen molar-refractivity contribution in [2.45, 2.75) is 20.4 Å². The third kappa shape index (κ3) is 1.99. The topological polar surface area (TPSA) is 53.1 Å². The molecule has 1 heterocycles. The molecule has 0 atom stereocenters. The molecule has 0 aliphatic carbocycles. The van der Waals surface area contributed by atoms with Gasteiger partial charge in [-0.2, -0.15) is 0 Å². The highest BCUT2D eigenvalue weighted by molar-refractivity contribution is 5.72. The molecule has 0 radical (unpaired) electrons. The Balaban J connectivity index is 2.73. The molecule has 18 heavy (non-hydrogen) atoms. The van der Waals surface area contributed by atoms with E-state index >= 15 is 0 Å². The number of nitrogens with zero attached hydrogens (tertiary/aromatic N) is 2. The van der Waals surface area contributed by atoms with Gasteiger partial charge < -0.3 is 15.0 Å². The van der Waals surface area contributed by atoms with Gasteiger partial charge in [0, 0.05) is 19.2 Å². The Kier molecular flexibility index (Phi) is 3.39. The van der Waals surface area contributed by atoms with E-state index in [1.54, 1.807) is 13.4 Å². The third-order valence-electron chi connectivity index (χ3n) is 3.08. The highest BCUT2D eigenvalue weighted by atomic mass is 16.5. The minimum absolute atomic E-state index is 0.423. The van der Waals surface area contributed by atoms with E-state index < -0.39 is 0 Å². The highest BCUT2D eigenvalue weighted by Crippen LogP contribution is 2.35. The molecule has 2 rings (SSSR count). The van der Waals surface area contributed by atoms with Gasteiger partial charge in [0.05, 0.1) is 24.8 Å². The second kappa shape index (κ2) is 4.82. The summed E-state index contributed by atoms with van der Waals surface area (Å²) in [4.78, 5) is 4.33. The highest BCUT2D eigenvalue weighted by Gasteiger charge is 2.16. The largest absolute Gasteiger partial charge is 0.496 e. The summed E-state index contributed by atoms with van der Waals surface area (Å²) in [7, 11) is 3.66. The van der Waals surface area contributed by atoms with E-state index in [2.05, 4.69) is 24.0 Å². The van der Waals surface area contributed by atoms with Crippen molar-refractivity contribution in [3.63, 3.8) is 0 Å². The molecule has 0 spiro atoms. The van der Waals surface area contributed by atoms with Crippen LogP contribution < -0.4 is 10.5 Å². The Hall–Kier alpha value is -1.81. The summed E-state index contributed by atoms with van der Waals surface area (Å²) < 4.78 is 7.51. The fraction of sp³-hybridized carbons (Fsp3) is 0.357. The predicted octanol–water partition coefficient (Wildman–Crippen LogP) is 2.17. The maximum absolute atomic E-state index is 5.75. The van der Waals surface area contributed by atoms with Gasteiger partial charge in [0.2, 0.25) is 0 Å².